The fraction of sp³-hybridized carbons (Fsp3) is 0.167. The van der Waals surface area contributed by atoms with Crippen molar-refractivity contribution in [3.63, 3.8) is 0 Å². The predicted octanol–water partition coefficient (Wildman–Crippen LogP) is 2.17. The van der Waals surface area contributed by atoms with E-state index in [1.807, 2.05) is 29.6 Å². The number of carbonyl (C=O) groups is 1. The van der Waals surface area contributed by atoms with Gasteiger partial charge in [-0.15, -0.1) is 0 Å². The van der Waals surface area contributed by atoms with Gasteiger partial charge in [0, 0.05) is 10.9 Å². The molecule has 0 spiro atoms. The maximum absolute atomic E-state index is 12.2. The van der Waals surface area contributed by atoms with Crippen molar-refractivity contribution in [3.05, 3.63) is 57.1 Å². The molecule has 3 aromatic heterocycles. The Balaban J connectivity index is 1.87. The van der Waals surface area contributed by atoms with E-state index in [1.54, 1.807) is 24.5 Å². The number of hydrogen-bond donors (Lipinski definition) is 2. The molecule has 0 aliphatic heterocycles. The number of benzene rings is 1. The standard InChI is InChI=1S/C18H16N4O3S/c1-19-8-17(23)25-9-13-7-16-20-21-18(24)22(16)15-6-11(2-3-14(13)15)12-4-5-26-10-12/h2-7,10,19H,8-9H2,1H3,(H,21,24). The number of H-pyrrole nitrogens is 1. The molecule has 0 bridgehead atoms. The van der Waals surface area contributed by atoms with Crippen LogP contribution in [0.1, 0.15) is 5.56 Å². The molecule has 3 heterocycles. The molecular formula is C18H16N4O3S. The third-order valence-corrected chi connectivity index (χ3v) is 4.83. The van der Waals surface area contributed by atoms with Gasteiger partial charge < -0.3 is 10.1 Å². The highest BCUT2D eigenvalue weighted by molar-refractivity contribution is 7.08. The average molecular weight is 368 g/mol. The van der Waals surface area contributed by atoms with E-state index in [9.17, 15) is 9.59 Å². The van der Waals surface area contributed by atoms with Crippen LogP contribution in [0.4, 0.5) is 0 Å². The van der Waals surface area contributed by atoms with Crippen molar-refractivity contribution < 1.29 is 9.53 Å². The van der Waals surface area contributed by atoms with E-state index in [4.69, 9.17) is 4.74 Å². The van der Waals surface area contributed by atoms with Gasteiger partial charge in [0.25, 0.3) is 0 Å². The zero-order valence-corrected chi connectivity index (χ0v) is 14.8. The Labute approximate surface area is 152 Å². The van der Waals surface area contributed by atoms with Crippen LogP contribution in [0.25, 0.3) is 27.7 Å². The molecule has 1 aromatic carbocycles. The lowest BCUT2D eigenvalue weighted by molar-refractivity contribution is -0.143. The van der Waals surface area contributed by atoms with Crippen LogP contribution in [0.5, 0.6) is 0 Å². The second kappa shape index (κ2) is 6.74. The molecule has 2 N–H and O–H groups in total. The molecule has 4 rings (SSSR count). The number of rotatable bonds is 5. The van der Waals surface area contributed by atoms with Crippen LogP contribution in [0.3, 0.4) is 0 Å². The van der Waals surface area contributed by atoms with Gasteiger partial charge in [0.1, 0.15) is 6.61 Å². The van der Waals surface area contributed by atoms with Crippen molar-refractivity contribution in [2.45, 2.75) is 6.61 Å². The van der Waals surface area contributed by atoms with E-state index in [2.05, 4.69) is 20.9 Å². The number of fused-ring (bicyclic) bond motifs is 3. The first-order valence-electron chi connectivity index (χ1n) is 8.03. The quantitative estimate of drug-likeness (QED) is 0.527. The number of aromatic nitrogens is 3. The van der Waals surface area contributed by atoms with E-state index in [1.165, 1.54) is 4.40 Å². The molecule has 132 valence electrons. The lowest BCUT2D eigenvalue weighted by Crippen LogP contribution is -2.20. The summed E-state index contributed by atoms with van der Waals surface area (Å²) in [6, 6.07) is 9.70. The number of carbonyl (C=O) groups excluding carboxylic acids is 1. The van der Waals surface area contributed by atoms with E-state index in [0.717, 1.165) is 27.6 Å². The predicted molar refractivity (Wildman–Crippen MR) is 100 cm³/mol. The second-order valence-electron chi connectivity index (χ2n) is 5.83. The fourth-order valence-corrected chi connectivity index (χ4v) is 3.61. The molecule has 0 amide bonds. The molecule has 0 atom stereocenters. The largest absolute Gasteiger partial charge is 0.460 e. The molecule has 0 saturated heterocycles. The number of nitrogens with one attached hydrogen (secondary N) is 2. The van der Waals surface area contributed by atoms with E-state index >= 15 is 0 Å². The lowest BCUT2D eigenvalue weighted by atomic mass is 10.0. The Morgan fingerprint density at radius 3 is 2.96 bits per heavy atom. The topological polar surface area (TPSA) is 88.5 Å². The maximum Gasteiger partial charge on any atom is 0.348 e. The molecule has 0 aliphatic carbocycles. The summed E-state index contributed by atoms with van der Waals surface area (Å²) in [5.41, 5.74) is 3.82. The van der Waals surface area contributed by atoms with Crippen LogP contribution in [0, 0.1) is 0 Å². The van der Waals surface area contributed by atoms with E-state index in [-0.39, 0.29) is 24.8 Å². The molecule has 0 radical (unpaired) electrons. The summed E-state index contributed by atoms with van der Waals surface area (Å²) in [5, 5.41) is 14.2. The maximum atomic E-state index is 12.2. The number of thiophene rings is 1. The van der Waals surface area contributed by atoms with E-state index in [0.29, 0.717) is 5.65 Å². The summed E-state index contributed by atoms with van der Waals surface area (Å²) in [6.45, 7) is 0.261. The second-order valence-corrected chi connectivity index (χ2v) is 6.61. The van der Waals surface area contributed by atoms with Gasteiger partial charge in [0.15, 0.2) is 5.65 Å². The first kappa shape index (κ1) is 16.5. The number of nitrogens with zero attached hydrogens (tertiary/aromatic N) is 2. The van der Waals surface area contributed by atoms with Gasteiger partial charge in [0.05, 0.1) is 12.1 Å². The molecule has 26 heavy (non-hydrogen) atoms. The molecule has 0 unspecified atom stereocenters. The summed E-state index contributed by atoms with van der Waals surface area (Å²) in [4.78, 5) is 23.9. The number of ether oxygens (including phenoxy) is 1. The summed E-state index contributed by atoms with van der Waals surface area (Å²) in [7, 11) is 1.69. The number of aromatic amines is 1. The molecule has 0 aliphatic rings. The van der Waals surface area contributed by atoms with Crippen molar-refractivity contribution in [1.82, 2.24) is 19.9 Å². The van der Waals surface area contributed by atoms with Gasteiger partial charge in [-0.05, 0) is 47.1 Å². The van der Waals surface area contributed by atoms with Crippen LogP contribution in [0.2, 0.25) is 0 Å². The van der Waals surface area contributed by atoms with Gasteiger partial charge in [-0.1, -0.05) is 12.1 Å². The Morgan fingerprint density at radius 2 is 2.19 bits per heavy atom. The highest BCUT2D eigenvalue weighted by Crippen LogP contribution is 2.28. The number of hydrogen-bond acceptors (Lipinski definition) is 6. The van der Waals surface area contributed by atoms with Crippen LogP contribution >= 0.6 is 11.3 Å². The normalized spacial score (nSPS) is 11.3. The molecular weight excluding hydrogens is 352 g/mol. The Kier molecular flexibility index (Phi) is 4.27. The minimum Gasteiger partial charge on any atom is -0.460 e. The third-order valence-electron chi connectivity index (χ3n) is 4.15. The number of pyridine rings is 1. The minimum atomic E-state index is -0.338. The molecule has 0 fully saturated rings. The third kappa shape index (κ3) is 2.89. The first-order valence-corrected chi connectivity index (χ1v) is 8.97. The highest BCUT2D eigenvalue weighted by atomic mass is 32.1. The highest BCUT2D eigenvalue weighted by Gasteiger charge is 2.13. The molecule has 0 saturated carbocycles. The van der Waals surface area contributed by atoms with Crippen molar-refractivity contribution in [1.29, 1.82) is 0 Å². The zero-order chi connectivity index (χ0) is 18.1. The van der Waals surface area contributed by atoms with Gasteiger partial charge in [-0.2, -0.15) is 16.4 Å². The van der Waals surface area contributed by atoms with Crippen LogP contribution in [-0.4, -0.2) is 34.2 Å². The monoisotopic (exact) mass is 368 g/mol. The Morgan fingerprint density at radius 1 is 1.31 bits per heavy atom. The lowest BCUT2D eigenvalue weighted by Gasteiger charge is -2.11. The summed E-state index contributed by atoms with van der Waals surface area (Å²) in [6.07, 6.45) is 0. The summed E-state index contributed by atoms with van der Waals surface area (Å²) in [5.74, 6) is -0.338. The van der Waals surface area contributed by atoms with E-state index < -0.39 is 0 Å². The van der Waals surface area contributed by atoms with Gasteiger partial charge >= 0.3 is 11.7 Å². The number of likely N-dealkylation sites (N-methyl/N-ethyl adjacent to an activating group) is 1. The fourth-order valence-electron chi connectivity index (χ4n) is 2.94. The molecule has 8 heteroatoms. The van der Waals surface area contributed by atoms with Gasteiger partial charge in [0.2, 0.25) is 0 Å². The Bertz CT molecular complexity index is 1140. The summed E-state index contributed by atoms with van der Waals surface area (Å²) >= 11 is 1.62. The smallest absolute Gasteiger partial charge is 0.348 e. The molecule has 4 aromatic rings. The van der Waals surface area contributed by atoms with Crippen LogP contribution in [-0.2, 0) is 16.1 Å². The van der Waals surface area contributed by atoms with Crippen molar-refractivity contribution >= 4 is 33.9 Å². The average Bonchev–Trinajstić information content (AvgIpc) is 3.30. The van der Waals surface area contributed by atoms with Crippen molar-refractivity contribution in [2.75, 3.05) is 13.6 Å². The van der Waals surface area contributed by atoms with Crippen LogP contribution < -0.4 is 11.0 Å². The number of esters is 1. The first-order chi connectivity index (χ1) is 12.7. The minimum absolute atomic E-state index is 0.117. The molecule has 7 nitrogen and oxygen atoms in total. The summed E-state index contributed by atoms with van der Waals surface area (Å²) < 4.78 is 6.84. The van der Waals surface area contributed by atoms with Crippen molar-refractivity contribution in [3.8, 4) is 11.1 Å². The van der Waals surface area contributed by atoms with Crippen LogP contribution in [0.15, 0.2) is 45.9 Å². The Hall–Kier alpha value is -2.97. The van der Waals surface area contributed by atoms with Gasteiger partial charge in [-0.3, -0.25) is 4.79 Å². The SMILES string of the molecule is CNCC(=O)OCc1cc2n[nH]c(=O)n2c2cc(-c3ccsc3)ccc12. The van der Waals surface area contributed by atoms with Gasteiger partial charge in [-0.25, -0.2) is 14.3 Å². The zero-order valence-electron chi connectivity index (χ0n) is 14.0. The van der Waals surface area contributed by atoms with Crippen molar-refractivity contribution in [2.24, 2.45) is 0 Å².